The summed E-state index contributed by atoms with van der Waals surface area (Å²) in [6, 6.07) is 3.77. The van der Waals surface area contributed by atoms with E-state index >= 15 is 0 Å². The highest BCUT2D eigenvalue weighted by atomic mass is 16.4. The summed E-state index contributed by atoms with van der Waals surface area (Å²) >= 11 is 0. The van der Waals surface area contributed by atoms with Crippen molar-refractivity contribution in [2.75, 3.05) is 0 Å². The number of aliphatic carboxylic acids is 1. The number of nitrogens with zero attached hydrogens (tertiary/aromatic N) is 2. The van der Waals surface area contributed by atoms with Crippen LogP contribution in [0.3, 0.4) is 0 Å². The van der Waals surface area contributed by atoms with E-state index in [-0.39, 0.29) is 6.04 Å². The van der Waals surface area contributed by atoms with E-state index in [1.165, 1.54) is 0 Å². The maximum atomic E-state index is 10.8. The first-order valence-electron chi connectivity index (χ1n) is 4.97. The topological polar surface area (TPSA) is 62.5 Å². The molecule has 78 valence electrons. The molecule has 0 spiro atoms. The van der Waals surface area contributed by atoms with Crippen LogP contribution < -0.4 is 0 Å². The van der Waals surface area contributed by atoms with Gasteiger partial charge >= 0.3 is 5.97 Å². The number of carbonyl (C=O) groups is 1. The lowest BCUT2D eigenvalue weighted by Gasteiger charge is -2.18. The van der Waals surface area contributed by atoms with Gasteiger partial charge in [0, 0.05) is 12.4 Å². The van der Waals surface area contributed by atoms with Crippen LogP contribution in [0.2, 0.25) is 0 Å². The third-order valence-electron chi connectivity index (χ3n) is 2.54. The Morgan fingerprint density at radius 3 is 2.80 bits per heavy atom. The normalized spacial score (nSPS) is 20.8. The molecule has 2 rings (SSSR count). The molecule has 0 saturated heterocycles. The molecule has 0 radical (unpaired) electrons. The van der Waals surface area contributed by atoms with Gasteiger partial charge in [-0.3, -0.25) is 9.98 Å². The molecule has 0 bridgehead atoms. The predicted molar refractivity (Wildman–Crippen MR) is 55.9 cm³/mol. The van der Waals surface area contributed by atoms with Crippen LogP contribution in [0.5, 0.6) is 0 Å². The lowest BCUT2D eigenvalue weighted by molar-refractivity contribution is -0.129. The van der Waals surface area contributed by atoms with Crippen LogP contribution in [0.25, 0.3) is 0 Å². The maximum absolute atomic E-state index is 10.8. The molecule has 1 atom stereocenters. The molecule has 0 aromatic carbocycles. The number of carboxylic acids is 1. The average Bonchev–Trinajstić information content (AvgIpc) is 2.30. The summed E-state index contributed by atoms with van der Waals surface area (Å²) in [7, 11) is 0. The van der Waals surface area contributed by atoms with Crippen LogP contribution in [0.4, 0.5) is 0 Å². The Morgan fingerprint density at radius 2 is 2.13 bits per heavy atom. The van der Waals surface area contributed by atoms with Crippen LogP contribution in [-0.4, -0.2) is 21.8 Å². The van der Waals surface area contributed by atoms with Crippen molar-refractivity contribution < 1.29 is 9.90 Å². The molecule has 1 aliphatic rings. The first-order valence-corrected chi connectivity index (χ1v) is 4.97. The summed E-state index contributed by atoms with van der Waals surface area (Å²) in [5, 5.41) is 8.86. The van der Waals surface area contributed by atoms with Crippen LogP contribution in [0.1, 0.15) is 30.9 Å². The molecule has 0 saturated carbocycles. The highest BCUT2D eigenvalue weighted by Gasteiger charge is 2.20. The summed E-state index contributed by atoms with van der Waals surface area (Å²) < 4.78 is 0. The zero-order chi connectivity index (χ0) is 10.7. The Hall–Kier alpha value is -1.71. The summed E-state index contributed by atoms with van der Waals surface area (Å²) in [5.74, 6) is -0.895. The van der Waals surface area contributed by atoms with Crippen LogP contribution in [0, 0.1) is 0 Å². The summed E-state index contributed by atoms with van der Waals surface area (Å²) in [4.78, 5) is 19.0. The molecule has 0 aliphatic carbocycles. The second-order valence-electron chi connectivity index (χ2n) is 3.57. The van der Waals surface area contributed by atoms with Gasteiger partial charge in [0.05, 0.1) is 6.04 Å². The van der Waals surface area contributed by atoms with Crippen molar-refractivity contribution in [3.05, 3.63) is 30.1 Å². The van der Waals surface area contributed by atoms with E-state index in [0.717, 1.165) is 18.4 Å². The number of carboxylic acid groups (broad SMARTS) is 1. The van der Waals surface area contributed by atoms with Crippen molar-refractivity contribution in [2.24, 2.45) is 4.99 Å². The van der Waals surface area contributed by atoms with E-state index in [1.54, 1.807) is 12.4 Å². The van der Waals surface area contributed by atoms with Gasteiger partial charge in [-0.15, -0.1) is 0 Å². The Bertz CT molecular complexity index is 387. The third-order valence-corrected chi connectivity index (χ3v) is 2.54. The van der Waals surface area contributed by atoms with Gasteiger partial charge in [-0.05, 0) is 37.0 Å². The second kappa shape index (κ2) is 4.21. The van der Waals surface area contributed by atoms with Gasteiger partial charge in [0.1, 0.15) is 5.71 Å². The van der Waals surface area contributed by atoms with E-state index in [2.05, 4.69) is 9.98 Å². The fourth-order valence-electron chi connectivity index (χ4n) is 1.77. The Morgan fingerprint density at radius 1 is 1.40 bits per heavy atom. The van der Waals surface area contributed by atoms with Gasteiger partial charge in [-0.1, -0.05) is 0 Å². The van der Waals surface area contributed by atoms with Gasteiger partial charge < -0.3 is 5.11 Å². The van der Waals surface area contributed by atoms with E-state index in [9.17, 15) is 4.79 Å². The quantitative estimate of drug-likeness (QED) is 0.799. The molecule has 2 heterocycles. The summed E-state index contributed by atoms with van der Waals surface area (Å²) in [6.45, 7) is 0. The van der Waals surface area contributed by atoms with E-state index in [4.69, 9.17) is 5.11 Å². The first kappa shape index (κ1) is 9.83. The zero-order valence-electron chi connectivity index (χ0n) is 8.26. The largest absolute Gasteiger partial charge is 0.477 e. The second-order valence-corrected chi connectivity index (χ2v) is 3.57. The number of rotatable bonds is 2. The number of aromatic nitrogens is 1. The summed E-state index contributed by atoms with van der Waals surface area (Å²) in [5.41, 5.74) is 1.34. The number of pyridine rings is 1. The smallest absolute Gasteiger partial charge is 0.349 e. The summed E-state index contributed by atoms with van der Waals surface area (Å²) in [6.07, 6.45) is 5.80. The molecule has 0 amide bonds. The van der Waals surface area contributed by atoms with Crippen LogP contribution in [0.15, 0.2) is 29.5 Å². The Kier molecular flexibility index (Phi) is 2.76. The molecule has 1 aliphatic heterocycles. The average molecular weight is 204 g/mol. The van der Waals surface area contributed by atoms with E-state index < -0.39 is 5.97 Å². The highest BCUT2D eigenvalue weighted by Crippen LogP contribution is 2.27. The number of hydrogen-bond acceptors (Lipinski definition) is 3. The van der Waals surface area contributed by atoms with Crippen molar-refractivity contribution in [2.45, 2.75) is 25.3 Å². The molecular weight excluding hydrogens is 192 g/mol. The Labute approximate surface area is 87.7 Å². The van der Waals surface area contributed by atoms with E-state index in [0.29, 0.717) is 12.1 Å². The lowest BCUT2D eigenvalue weighted by Crippen LogP contribution is -2.18. The fourth-order valence-corrected chi connectivity index (χ4v) is 1.77. The standard InChI is InChI=1S/C11H12N2O2/c14-11(15)10-3-1-2-9(13-10)8-4-6-12-7-5-8/h4-7,9H,1-3H2,(H,14,15). The van der Waals surface area contributed by atoms with Gasteiger partial charge in [-0.2, -0.15) is 0 Å². The molecule has 1 aromatic rings. The van der Waals surface area contributed by atoms with Crippen molar-refractivity contribution >= 4 is 11.7 Å². The lowest BCUT2D eigenvalue weighted by atomic mass is 9.97. The molecule has 1 unspecified atom stereocenters. The van der Waals surface area contributed by atoms with Gasteiger partial charge in [-0.25, -0.2) is 4.79 Å². The van der Waals surface area contributed by atoms with Crippen LogP contribution in [-0.2, 0) is 4.79 Å². The highest BCUT2D eigenvalue weighted by molar-refractivity contribution is 6.35. The monoisotopic (exact) mass is 204 g/mol. The van der Waals surface area contributed by atoms with Crippen molar-refractivity contribution in [1.82, 2.24) is 4.98 Å². The predicted octanol–water partition coefficient (Wildman–Crippen LogP) is 1.83. The molecule has 1 aromatic heterocycles. The van der Waals surface area contributed by atoms with Crippen molar-refractivity contribution in [3.8, 4) is 0 Å². The molecule has 0 fully saturated rings. The number of aliphatic imine (C=N–C) groups is 1. The van der Waals surface area contributed by atoms with Gasteiger partial charge in [0.25, 0.3) is 0 Å². The third kappa shape index (κ3) is 2.21. The van der Waals surface area contributed by atoms with Crippen LogP contribution >= 0.6 is 0 Å². The van der Waals surface area contributed by atoms with E-state index in [1.807, 2.05) is 12.1 Å². The minimum absolute atomic E-state index is 0.00662. The van der Waals surface area contributed by atoms with Crippen molar-refractivity contribution in [3.63, 3.8) is 0 Å². The maximum Gasteiger partial charge on any atom is 0.349 e. The molecule has 1 N–H and O–H groups in total. The number of hydrogen-bond donors (Lipinski definition) is 1. The molecule has 15 heavy (non-hydrogen) atoms. The van der Waals surface area contributed by atoms with Gasteiger partial charge in [0.15, 0.2) is 0 Å². The Balaban J connectivity index is 2.24. The molecular formula is C11H12N2O2. The molecule has 4 nitrogen and oxygen atoms in total. The minimum Gasteiger partial charge on any atom is -0.477 e. The fraction of sp³-hybridized carbons (Fsp3) is 0.364. The SMILES string of the molecule is O=C(O)C1=NC(c2ccncc2)CCC1. The zero-order valence-corrected chi connectivity index (χ0v) is 8.26. The van der Waals surface area contributed by atoms with Gasteiger partial charge in [0.2, 0.25) is 0 Å². The molecule has 4 heteroatoms. The van der Waals surface area contributed by atoms with Crippen molar-refractivity contribution in [1.29, 1.82) is 0 Å². The first-order chi connectivity index (χ1) is 7.27. The minimum atomic E-state index is -0.895.